The number of nitrogens with zero attached hydrogens (tertiary/aromatic N) is 1. The molecule has 0 saturated heterocycles. The molecule has 2 heterocycles. The third kappa shape index (κ3) is 5.83. The number of nitrogens with one attached hydrogen (secondary N) is 2. The lowest BCUT2D eigenvalue weighted by Gasteiger charge is -2.14. The molecule has 10 heteroatoms. The van der Waals surface area contributed by atoms with Crippen LogP contribution in [0.3, 0.4) is 0 Å². The summed E-state index contributed by atoms with van der Waals surface area (Å²) in [6.45, 7) is 3.62. The average molecular weight is 436 g/mol. The Balaban J connectivity index is 1.58. The van der Waals surface area contributed by atoms with Crippen LogP contribution in [0.2, 0.25) is 0 Å². The van der Waals surface area contributed by atoms with Crippen LogP contribution in [0.25, 0.3) is 11.1 Å². The number of pyridine rings is 1. The van der Waals surface area contributed by atoms with Gasteiger partial charge in [-0.2, -0.15) is 0 Å². The third-order valence-electron chi connectivity index (χ3n) is 4.36. The molecule has 1 aromatic carbocycles. The van der Waals surface area contributed by atoms with Crippen molar-refractivity contribution in [3.8, 4) is 22.8 Å². The summed E-state index contributed by atoms with van der Waals surface area (Å²) < 4.78 is 42.0. The highest BCUT2D eigenvalue weighted by molar-refractivity contribution is 7.90. The van der Waals surface area contributed by atoms with E-state index < -0.39 is 22.3 Å². The van der Waals surface area contributed by atoms with Gasteiger partial charge in [0.05, 0.1) is 25.6 Å². The highest BCUT2D eigenvalue weighted by Crippen LogP contribution is 2.33. The highest BCUT2D eigenvalue weighted by Gasteiger charge is 2.26. The Bertz CT molecular complexity index is 1010. The summed E-state index contributed by atoms with van der Waals surface area (Å²) in [5, 5.41) is 2.54. The van der Waals surface area contributed by atoms with Crippen LogP contribution in [0.5, 0.6) is 11.6 Å². The Labute approximate surface area is 175 Å². The number of carbonyl (C=O) groups is 1. The Hall–Kier alpha value is -2.85. The van der Waals surface area contributed by atoms with Gasteiger partial charge in [0.1, 0.15) is 5.75 Å². The minimum absolute atomic E-state index is 0.00815. The Morgan fingerprint density at radius 1 is 1.27 bits per heavy atom. The summed E-state index contributed by atoms with van der Waals surface area (Å²) in [4.78, 5) is 16.2. The van der Waals surface area contributed by atoms with Gasteiger partial charge in [-0.25, -0.2) is 22.9 Å². The second kappa shape index (κ2) is 9.31. The molecule has 1 aliphatic heterocycles. The van der Waals surface area contributed by atoms with Crippen molar-refractivity contribution in [2.24, 2.45) is 0 Å². The third-order valence-corrected chi connectivity index (χ3v) is 5.56. The fourth-order valence-electron chi connectivity index (χ4n) is 2.97. The van der Waals surface area contributed by atoms with E-state index >= 15 is 0 Å². The van der Waals surface area contributed by atoms with Crippen molar-refractivity contribution in [3.63, 3.8) is 0 Å². The number of benzene rings is 1. The van der Waals surface area contributed by atoms with Gasteiger partial charge in [0.15, 0.2) is 6.23 Å². The van der Waals surface area contributed by atoms with Crippen LogP contribution in [-0.4, -0.2) is 51.2 Å². The van der Waals surface area contributed by atoms with Gasteiger partial charge >= 0.3 is 6.03 Å². The van der Waals surface area contributed by atoms with Crippen LogP contribution < -0.4 is 19.5 Å². The zero-order chi connectivity index (χ0) is 21.7. The van der Waals surface area contributed by atoms with Gasteiger partial charge in [-0.3, -0.25) is 0 Å². The summed E-state index contributed by atoms with van der Waals surface area (Å²) >= 11 is 0. The first kappa shape index (κ1) is 21.8. The maximum absolute atomic E-state index is 12.1. The summed E-state index contributed by atoms with van der Waals surface area (Å²) in [7, 11) is -2.24. The molecule has 162 valence electrons. The van der Waals surface area contributed by atoms with Crippen molar-refractivity contribution in [1.82, 2.24) is 15.0 Å². The van der Waals surface area contributed by atoms with E-state index in [0.29, 0.717) is 18.1 Å². The molecular weight excluding hydrogens is 410 g/mol. The molecule has 1 atom stereocenters. The summed E-state index contributed by atoms with van der Waals surface area (Å²) in [6.07, 6.45) is 1.33. The summed E-state index contributed by atoms with van der Waals surface area (Å²) in [5.41, 5.74) is 2.80. The Morgan fingerprint density at radius 3 is 2.77 bits per heavy atom. The van der Waals surface area contributed by atoms with Gasteiger partial charge in [-0.1, -0.05) is 6.07 Å². The topological polar surface area (TPSA) is 116 Å². The first-order chi connectivity index (χ1) is 14.3. The fraction of sp³-hybridized carbons (Fsp3) is 0.400. The molecule has 0 radical (unpaired) electrons. The van der Waals surface area contributed by atoms with Gasteiger partial charge in [0.25, 0.3) is 0 Å². The number of sulfonamides is 1. The highest BCUT2D eigenvalue weighted by atomic mass is 32.2. The van der Waals surface area contributed by atoms with Crippen LogP contribution in [0.1, 0.15) is 19.4 Å². The van der Waals surface area contributed by atoms with Crippen molar-refractivity contribution in [2.75, 3.05) is 19.5 Å². The maximum Gasteiger partial charge on any atom is 0.331 e. The molecule has 1 aromatic heterocycles. The van der Waals surface area contributed by atoms with Crippen molar-refractivity contribution >= 4 is 16.1 Å². The standard InChI is InChI=1S/C20H25N3O6S/c1-13(2)28-8-9-30(25,26)23-20(24)22-19-12-16-10-14(4-5-17(16)29-19)15-6-7-21-18(11-15)27-3/h4-7,10-11,13,19H,8-9,12H2,1-3H3,(H2,22,23,24). The first-order valence-corrected chi connectivity index (χ1v) is 11.1. The zero-order valence-corrected chi connectivity index (χ0v) is 17.9. The second-order valence-electron chi connectivity index (χ2n) is 7.03. The van der Waals surface area contributed by atoms with E-state index in [1.54, 1.807) is 27.2 Å². The molecule has 3 rings (SSSR count). The lowest BCUT2D eigenvalue weighted by Crippen LogP contribution is -2.47. The molecular formula is C20H25N3O6S. The van der Waals surface area contributed by atoms with Crippen LogP contribution >= 0.6 is 0 Å². The summed E-state index contributed by atoms with van der Waals surface area (Å²) in [5.74, 6) is 0.849. The molecule has 0 spiro atoms. The number of amides is 2. The number of ether oxygens (including phenoxy) is 3. The zero-order valence-electron chi connectivity index (χ0n) is 17.0. The lowest BCUT2D eigenvalue weighted by molar-refractivity contribution is 0.0912. The van der Waals surface area contributed by atoms with Crippen LogP contribution in [0.15, 0.2) is 36.5 Å². The molecule has 9 nitrogen and oxygen atoms in total. The smallest absolute Gasteiger partial charge is 0.331 e. The lowest BCUT2D eigenvalue weighted by atomic mass is 10.0. The number of fused-ring (bicyclic) bond motifs is 1. The van der Waals surface area contributed by atoms with Crippen LogP contribution in [0.4, 0.5) is 4.79 Å². The summed E-state index contributed by atoms with van der Waals surface area (Å²) in [6, 6.07) is 8.54. The molecule has 2 N–H and O–H groups in total. The number of carbonyl (C=O) groups excluding carboxylic acids is 1. The maximum atomic E-state index is 12.1. The van der Waals surface area contributed by atoms with Gasteiger partial charge in [-0.05, 0) is 43.2 Å². The van der Waals surface area contributed by atoms with E-state index in [2.05, 4.69) is 10.3 Å². The molecule has 1 aliphatic rings. The van der Waals surface area contributed by atoms with Gasteiger partial charge in [0, 0.05) is 24.2 Å². The van der Waals surface area contributed by atoms with Crippen molar-refractivity contribution in [1.29, 1.82) is 0 Å². The number of hydrogen-bond donors (Lipinski definition) is 2. The van der Waals surface area contributed by atoms with Crippen molar-refractivity contribution in [2.45, 2.75) is 32.6 Å². The van der Waals surface area contributed by atoms with Crippen molar-refractivity contribution < 1.29 is 27.4 Å². The number of rotatable bonds is 8. The minimum Gasteiger partial charge on any atom is -0.481 e. The molecule has 1 unspecified atom stereocenters. The molecule has 2 amide bonds. The first-order valence-electron chi connectivity index (χ1n) is 9.48. The molecule has 0 saturated carbocycles. The number of methoxy groups -OCH3 is 1. The predicted molar refractivity (Wildman–Crippen MR) is 111 cm³/mol. The van der Waals surface area contributed by atoms with E-state index in [1.807, 2.05) is 35.1 Å². The van der Waals surface area contributed by atoms with Crippen LogP contribution in [-0.2, 0) is 21.2 Å². The monoisotopic (exact) mass is 435 g/mol. The SMILES string of the molecule is COc1cc(-c2ccc3c(c2)CC(NC(=O)NS(=O)(=O)CCOC(C)C)O3)ccn1. The quantitative estimate of drug-likeness (QED) is 0.652. The van der Waals surface area contributed by atoms with Gasteiger partial charge in [-0.15, -0.1) is 0 Å². The number of hydrogen-bond acceptors (Lipinski definition) is 7. The molecule has 0 fully saturated rings. The number of urea groups is 1. The predicted octanol–water partition coefficient (Wildman–Crippen LogP) is 2.07. The van der Waals surface area contributed by atoms with E-state index in [9.17, 15) is 13.2 Å². The minimum atomic E-state index is -3.80. The van der Waals surface area contributed by atoms with Crippen LogP contribution in [0, 0.1) is 0 Å². The normalized spacial score (nSPS) is 15.4. The van der Waals surface area contributed by atoms with Gasteiger partial charge < -0.3 is 19.5 Å². The second-order valence-corrected chi connectivity index (χ2v) is 8.88. The Kier molecular flexibility index (Phi) is 6.78. The van der Waals surface area contributed by atoms with Gasteiger partial charge in [0.2, 0.25) is 15.9 Å². The van der Waals surface area contributed by atoms with E-state index in [-0.39, 0.29) is 18.5 Å². The molecule has 0 aliphatic carbocycles. The van der Waals surface area contributed by atoms with E-state index in [0.717, 1.165) is 16.7 Å². The van der Waals surface area contributed by atoms with E-state index in [1.165, 1.54) is 0 Å². The molecule has 0 bridgehead atoms. The fourth-order valence-corrected chi connectivity index (χ4v) is 3.73. The average Bonchev–Trinajstić information content (AvgIpc) is 3.08. The number of aromatic nitrogens is 1. The molecule has 30 heavy (non-hydrogen) atoms. The Morgan fingerprint density at radius 2 is 2.03 bits per heavy atom. The largest absolute Gasteiger partial charge is 0.481 e. The molecule has 2 aromatic rings. The van der Waals surface area contributed by atoms with Crippen molar-refractivity contribution in [3.05, 3.63) is 42.1 Å². The van der Waals surface area contributed by atoms with E-state index in [4.69, 9.17) is 14.2 Å².